The monoisotopic (exact) mass is 436 g/mol. The van der Waals surface area contributed by atoms with E-state index in [-0.39, 0.29) is 11.7 Å². The van der Waals surface area contributed by atoms with Crippen molar-refractivity contribution in [3.05, 3.63) is 40.4 Å². The van der Waals surface area contributed by atoms with Gasteiger partial charge >= 0.3 is 5.97 Å². The predicted octanol–water partition coefficient (Wildman–Crippen LogP) is 5.56. The van der Waals surface area contributed by atoms with Crippen molar-refractivity contribution in [3.63, 3.8) is 0 Å². The van der Waals surface area contributed by atoms with Crippen LogP contribution < -0.4 is 0 Å². The third-order valence-corrected chi connectivity index (χ3v) is 5.96. The fourth-order valence-corrected chi connectivity index (χ4v) is 4.35. The van der Waals surface area contributed by atoms with Gasteiger partial charge in [0.25, 0.3) is 0 Å². The summed E-state index contributed by atoms with van der Waals surface area (Å²) in [4.78, 5) is 21.5. The summed E-state index contributed by atoms with van der Waals surface area (Å²) in [6, 6.07) is 8.15. The second-order valence-corrected chi connectivity index (χ2v) is 8.12. The third-order valence-electron chi connectivity index (χ3n) is 3.58. The molecule has 0 spiro atoms. The van der Waals surface area contributed by atoms with E-state index in [0.717, 1.165) is 43.7 Å². The molecule has 0 saturated heterocycles. The fourth-order valence-electron chi connectivity index (χ4n) is 2.30. The lowest BCUT2D eigenvalue weighted by Crippen LogP contribution is -2.08. The van der Waals surface area contributed by atoms with E-state index in [2.05, 4.69) is 50.3 Å². The van der Waals surface area contributed by atoms with Gasteiger partial charge in [0.2, 0.25) is 0 Å². The zero-order valence-electron chi connectivity index (χ0n) is 13.7. The van der Waals surface area contributed by atoms with Crippen LogP contribution in [0.1, 0.15) is 19.8 Å². The Morgan fingerprint density at radius 1 is 1.28 bits per heavy atom. The number of fused-ring (bicyclic) bond motifs is 1. The van der Waals surface area contributed by atoms with E-state index in [9.17, 15) is 4.79 Å². The molecule has 0 amide bonds. The highest BCUT2D eigenvalue weighted by Crippen LogP contribution is 2.38. The van der Waals surface area contributed by atoms with Crippen LogP contribution in [0.2, 0.25) is 0 Å². The Kier molecular flexibility index (Phi) is 6.45. The smallest absolute Gasteiger partial charge is 0.316 e. The van der Waals surface area contributed by atoms with Crippen molar-refractivity contribution >= 4 is 55.2 Å². The average Bonchev–Trinajstić information content (AvgIpc) is 3.05. The van der Waals surface area contributed by atoms with E-state index < -0.39 is 0 Å². The molecule has 7 heteroatoms. The minimum Gasteiger partial charge on any atom is -0.465 e. The van der Waals surface area contributed by atoms with Crippen molar-refractivity contribution in [1.29, 1.82) is 0 Å². The molecule has 2 heterocycles. The lowest BCUT2D eigenvalue weighted by molar-refractivity contribution is -0.140. The first-order valence-corrected chi connectivity index (χ1v) is 10.6. The first kappa shape index (κ1) is 18.4. The summed E-state index contributed by atoms with van der Waals surface area (Å²) in [5, 5.41) is 3.91. The van der Waals surface area contributed by atoms with Gasteiger partial charge in [-0.25, -0.2) is 9.97 Å². The molecule has 130 valence electrons. The molecule has 0 aliphatic rings. The van der Waals surface area contributed by atoms with Gasteiger partial charge in [0.1, 0.15) is 16.2 Å². The standard InChI is InChI=1S/C18H17BrN2O2S2/c1-2-3-8-23-15(22)10-25-18-16-14(9-24-17(16)20-11-21-18)12-4-6-13(19)7-5-12/h4-7,9,11H,2-3,8,10H2,1H3. The second kappa shape index (κ2) is 8.78. The highest BCUT2D eigenvalue weighted by molar-refractivity contribution is 9.10. The largest absolute Gasteiger partial charge is 0.465 e. The van der Waals surface area contributed by atoms with E-state index in [1.165, 1.54) is 11.8 Å². The first-order chi connectivity index (χ1) is 12.2. The van der Waals surface area contributed by atoms with Gasteiger partial charge in [0.15, 0.2) is 0 Å². The Balaban J connectivity index is 1.82. The Morgan fingerprint density at radius 2 is 2.08 bits per heavy atom. The van der Waals surface area contributed by atoms with E-state index in [1.54, 1.807) is 17.7 Å². The summed E-state index contributed by atoms with van der Waals surface area (Å²) in [7, 11) is 0. The van der Waals surface area contributed by atoms with Gasteiger partial charge in [0.05, 0.1) is 17.7 Å². The number of nitrogens with zero attached hydrogens (tertiary/aromatic N) is 2. The number of aromatic nitrogens is 2. The van der Waals surface area contributed by atoms with E-state index in [0.29, 0.717) is 6.61 Å². The van der Waals surface area contributed by atoms with Crippen molar-refractivity contribution in [2.45, 2.75) is 24.8 Å². The van der Waals surface area contributed by atoms with E-state index >= 15 is 0 Å². The summed E-state index contributed by atoms with van der Waals surface area (Å²) in [5.74, 6) is 0.0523. The molecule has 0 saturated carbocycles. The number of thiophene rings is 1. The number of ether oxygens (including phenoxy) is 1. The summed E-state index contributed by atoms with van der Waals surface area (Å²) in [6.07, 6.45) is 3.46. The first-order valence-electron chi connectivity index (χ1n) is 7.95. The van der Waals surface area contributed by atoms with E-state index in [1.807, 2.05) is 12.1 Å². The summed E-state index contributed by atoms with van der Waals surface area (Å²) < 4.78 is 6.26. The van der Waals surface area contributed by atoms with Crippen LogP contribution in [0.5, 0.6) is 0 Å². The number of benzene rings is 1. The highest BCUT2D eigenvalue weighted by Gasteiger charge is 2.15. The van der Waals surface area contributed by atoms with Gasteiger partial charge in [-0.05, 0) is 24.1 Å². The maximum absolute atomic E-state index is 11.9. The van der Waals surface area contributed by atoms with Crippen molar-refractivity contribution < 1.29 is 9.53 Å². The molecule has 0 unspecified atom stereocenters. The van der Waals surface area contributed by atoms with Crippen molar-refractivity contribution in [2.24, 2.45) is 0 Å². The van der Waals surface area contributed by atoms with Crippen molar-refractivity contribution in [3.8, 4) is 11.1 Å². The Labute approximate surface area is 163 Å². The van der Waals surface area contributed by atoms with Crippen LogP contribution in [0, 0.1) is 0 Å². The van der Waals surface area contributed by atoms with Crippen LogP contribution in [-0.4, -0.2) is 28.3 Å². The Morgan fingerprint density at radius 3 is 2.84 bits per heavy atom. The van der Waals surface area contributed by atoms with Crippen molar-refractivity contribution in [1.82, 2.24) is 9.97 Å². The quantitative estimate of drug-likeness (QED) is 0.210. The molecule has 0 N–H and O–H groups in total. The van der Waals surface area contributed by atoms with Crippen LogP contribution in [0.3, 0.4) is 0 Å². The minimum absolute atomic E-state index is 0.203. The maximum Gasteiger partial charge on any atom is 0.316 e. The molecule has 0 bridgehead atoms. The number of hydrogen-bond donors (Lipinski definition) is 0. The second-order valence-electron chi connectivity index (χ2n) is 5.38. The van der Waals surface area contributed by atoms with Gasteiger partial charge in [0, 0.05) is 15.4 Å². The van der Waals surface area contributed by atoms with Crippen LogP contribution in [0.25, 0.3) is 21.3 Å². The fraction of sp³-hybridized carbons (Fsp3) is 0.278. The molecule has 3 rings (SSSR count). The molecule has 0 fully saturated rings. The number of carbonyl (C=O) groups is 1. The molecule has 1 aromatic carbocycles. The minimum atomic E-state index is -0.203. The molecular weight excluding hydrogens is 420 g/mol. The molecule has 2 aromatic heterocycles. The molecule has 0 aliphatic heterocycles. The van der Waals surface area contributed by atoms with Crippen LogP contribution in [0.4, 0.5) is 0 Å². The number of hydrogen-bond acceptors (Lipinski definition) is 6. The van der Waals surface area contributed by atoms with Crippen LogP contribution in [-0.2, 0) is 9.53 Å². The summed E-state index contributed by atoms with van der Waals surface area (Å²) in [6.45, 7) is 2.55. The van der Waals surface area contributed by atoms with Gasteiger partial charge in [-0.15, -0.1) is 11.3 Å². The molecular formula is C18H17BrN2O2S2. The number of halogens is 1. The van der Waals surface area contributed by atoms with Gasteiger partial charge < -0.3 is 4.74 Å². The maximum atomic E-state index is 11.9. The molecule has 0 radical (unpaired) electrons. The summed E-state index contributed by atoms with van der Waals surface area (Å²) in [5.41, 5.74) is 2.20. The van der Waals surface area contributed by atoms with Gasteiger partial charge in [-0.3, -0.25) is 4.79 Å². The Bertz CT molecular complexity index is 865. The number of unbranched alkanes of at least 4 members (excludes halogenated alkanes) is 1. The predicted molar refractivity (Wildman–Crippen MR) is 107 cm³/mol. The summed E-state index contributed by atoms with van der Waals surface area (Å²) >= 11 is 6.45. The molecule has 0 atom stereocenters. The van der Waals surface area contributed by atoms with Crippen LogP contribution in [0.15, 0.2) is 45.5 Å². The van der Waals surface area contributed by atoms with E-state index in [4.69, 9.17) is 4.74 Å². The van der Waals surface area contributed by atoms with Crippen LogP contribution >= 0.6 is 39.0 Å². The normalized spacial score (nSPS) is 11.0. The van der Waals surface area contributed by atoms with Crippen molar-refractivity contribution in [2.75, 3.05) is 12.4 Å². The zero-order valence-corrected chi connectivity index (χ0v) is 16.9. The topological polar surface area (TPSA) is 52.1 Å². The number of esters is 1. The third kappa shape index (κ3) is 4.59. The molecule has 3 aromatic rings. The highest BCUT2D eigenvalue weighted by atomic mass is 79.9. The molecule has 4 nitrogen and oxygen atoms in total. The number of thioether (sulfide) groups is 1. The number of rotatable bonds is 7. The SMILES string of the molecule is CCCCOC(=O)CSc1ncnc2scc(-c3ccc(Br)cc3)c12. The Hall–Kier alpha value is -1.44. The molecule has 25 heavy (non-hydrogen) atoms. The average molecular weight is 437 g/mol. The number of carbonyl (C=O) groups excluding carboxylic acids is 1. The zero-order chi connectivity index (χ0) is 17.6. The van der Waals surface area contributed by atoms with Gasteiger partial charge in [-0.2, -0.15) is 0 Å². The van der Waals surface area contributed by atoms with Gasteiger partial charge in [-0.1, -0.05) is 53.2 Å². The lowest BCUT2D eigenvalue weighted by Gasteiger charge is -2.06. The lowest BCUT2D eigenvalue weighted by atomic mass is 10.1. The molecule has 0 aliphatic carbocycles.